The van der Waals surface area contributed by atoms with Gasteiger partial charge >= 0.3 is 0 Å². The summed E-state index contributed by atoms with van der Waals surface area (Å²) in [5.41, 5.74) is 10.1. The molecule has 7 nitrogen and oxygen atoms in total. The normalized spacial score (nSPS) is 10.8. The molecular weight excluding hydrogens is 328 g/mol. The summed E-state index contributed by atoms with van der Waals surface area (Å²) in [6, 6.07) is 14.5. The molecule has 0 aliphatic rings. The van der Waals surface area contributed by atoms with Crippen molar-refractivity contribution in [3.63, 3.8) is 0 Å². The lowest BCUT2D eigenvalue weighted by molar-refractivity contribution is 0.234. The van der Waals surface area contributed by atoms with E-state index in [4.69, 9.17) is 21.8 Å². The number of pyridine rings is 1. The number of nitrogen functional groups attached to an aromatic ring is 1. The highest BCUT2D eigenvalue weighted by molar-refractivity contribution is 6.15. The van der Waals surface area contributed by atoms with Gasteiger partial charge < -0.3 is 16.5 Å². The van der Waals surface area contributed by atoms with Gasteiger partial charge in [0.05, 0.1) is 5.71 Å². The van der Waals surface area contributed by atoms with E-state index in [1.165, 1.54) is 0 Å². The zero-order valence-corrected chi connectivity index (χ0v) is 13.8. The fraction of sp³-hybridized carbons (Fsp3) is 0. The first-order valence-corrected chi connectivity index (χ1v) is 7.84. The van der Waals surface area contributed by atoms with Crippen molar-refractivity contribution in [3.8, 4) is 0 Å². The molecule has 0 saturated carbocycles. The van der Waals surface area contributed by atoms with Crippen LogP contribution in [0.5, 0.6) is 0 Å². The van der Waals surface area contributed by atoms with Crippen molar-refractivity contribution in [3.05, 3.63) is 78.1 Å². The van der Waals surface area contributed by atoms with Crippen LogP contribution in [0.3, 0.4) is 0 Å². The lowest BCUT2D eigenvalue weighted by Crippen LogP contribution is -2.18. The number of hydroxylamine groups is 1. The minimum Gasteiger partial charge on any atom is -0.383 e. The largest absolute Gasteiger partial charge is 0.383 e. The van der Waals surface area contributed by atoms with Crippen LogP contribution in [0.4, 0.5) is 11.5 Å². The van der Waals surface area contributed by atoms with Crippen LogP contribution >= 0.6 is 0 Å². The summed E-state index contributed by atoms with van der Waals surface area (Å²) in [4.78, 5) is 4.17. The minimum atomic E-state index is -0.0726. The van der Waals surface area contributed by atoms with Gasteiger partial charge in [-0.1, -0.05) is 24.3 Å². The molecular formula is C19H18N6O. The number of nitrogens with two attached hydrogens (primary N) is 1. The number of nitrogens with zero attached hydrogens (tertiary/aromatic N) is 1. The summed E-state index contributed by atoms with van der Waals surface area (Å²) in [6.07, 6.45) is 4.91. The van der Waals surface area contributed by atoms with Gasteiger partial charge in [0.1, 0.15) is 11.7 Å². The highest BCUT2D eigenvalue weighted by Gasteiger charge is 2.07. The van der Waals surface area contributed by atoms with Gasteiger partial charge in [-0.3, -0.25) is 16.1 Å². The van der Waals surface area contributed by atoms with Crippen molar-refractivity contribution >= 4 is 33.8 Å². The number of allylic oxidation sites excluding steroid dienone is 1. The van der Waals surface area contributed by atoms with E-state index in [1.54, 1.807) is 48.2 Å². The summed E-state index contributed by atoms with van der Waals surface area (Å²) < 4.78 is 0. The molecule has 0 spiro atoms. The molecule has 2 aromatic carbocycles. The van der Waals surface area contributed by atoms with Crippen LogP contribution in [0.25, 0.3) is 10.8 Å². The summed E-state index contributed by atoms with van der Waals surface area (Å²) in [5, 5.41) is 29.3. The summed E-state index contributed by atoms with van der Waals surface area (Å²) in [5.74, 6) is 0.374. The molecule has 7 N–H and O–H groups in total. The monoisotopic (exact) mass is 346 g/mol. The van der Waals surface area contributed by atoms with E-state index in [2.05, 4.69) is 10.3 Å². The Morgan fingerprint density at radius 1 is 1.04 bits per heavy atom. The number of anilines is 2. The number of hydrogen-bond acceptors (Lipinski definition) is 6. The molecule has 26 heavy (non-hydrogen) atoms. The molecule has 1 aromatic heterocycles. The third kappa shape index (κ3) is 3.52. The Labute approximate surface area is 150 Å². The van der Waals surface area contributed by atoms with Crippen LogP contribution in [0, 0.1) is 10.8 Å². The fourth-order valence-corrected chi connectivity index (χ4v) is 2.54. The molecule has 0 atom stereocenters. The molecule has 0 unspecified atom stereocenters. The van der Waals surface area contributed by atoms with Gasteiger partial charge in [0.2, 0.25) is 0 Å². The predicted molar refractivity (Wildman–Crippen MR) is 104 cm³/mol. The van der Waals surface area contributed by atoms with Crippen molar-refractivity contribution in [2.45, 2.75) is 0 Å². The van der Waals surface area contributed by atoms with Crippen LogP contribution in [-0.2, 0) is 0 Å². The molecule has 3 aromatic rings. The Bertz CT molecular complexity index is 995. The Kier molecular flexibility index (Phi) is 4.91. The summed E-state index contributed by atoms with van der Waals surface area (Å²) >= 11 is 0. The number of fused-ring (bicyclic) bond motifs is 1. The summed E-state index contributed by atoms with van der Waals surface area (Å²) in [6.45, 7) is 0. The maximum Gasteiger partial charge on any atom is 0.149 e. The minimum absolute atomic E-state index is 0.0726. The highest BCUT2D eigenvalue weighted by atomic mass is 16.5. The average molecular weight is 346 g/mol. The number of amidine groups is 1. The lowest BCUT2D eigenvalue weighted by Gasteiger charge is -2.07. The standard InChI is InChI=1S/C19H18N6O/c20-17(16-11-24-19(22)15-4-2-1-3-14(15)16)9-10-23-13-7-5-12(6-8-13)18(21)25-26/h1-11,20,23,26H,(H2,21,25)(H2,22,24)/b10-9-,20-17?. The van der Waals surface area contributed by atoms with E-state index in [0.717, 1.165) is 16.5 Å². The molecule has 0 aliphatic heterocycles. The molecule has 0 amide bonds. The van der Waals surface area contributed by atoms with E-state index in [0.29, 0.717) is 22.7 Å². The highest BCUT2D eigenvalue weighted by Crippen LogP contribution is 2.22. The van der Waals surface area contributed by atoms with Gasteiger partial charge in [0.25, 0.3) is 0 Å². The first kappa shape index (κ1) is 17.1. The zero-order chi connectivity index (χ0) is 18.5. The van der Waals surface area contributed by atoms with E-state index < -0.39 is 0 Å². The number of nitrogens with one attached hydrogen (secondary N) is 4. The smallest absolute Gasteiger partial charge is 0.149 e. The third-order valence-corrected chi connectivity index (χ3v) is 3.90. The molecule has 7 heteroatoms. The van der Waals surface area contributed by atoms with Crippen molar-refractivity contribution in [2.75, 3.05) is 11.1 Å². The maximum absolute atomic E-state index is 8.72. The topological polar surface area (TPSA) is 131 Å². The fourth-order valence-electron chi connectivity index (χ4n) is 2.54. The van der Waals surface area contributed by atoms with Crippen LogP contribution in [0.2, 0.25) is 0 Å². The van der Waals surface area contributed by atoms with Crippen LogP contribution in [-0.4, -0.2) is 21.7 Å². The van der Waals surface area contributed by atoms with Crippen molar-refractivity contribution in [2.24, 2.45) is 0 Å². The average Bonchev–Trinajstić information content (AvgIpc) is 2.68. The van der Waals surface area contributed by atoms with E-state index in [1.807, 2.05) is 24.3 Å². The first-order chi connectivity index (χ1) is 12.6. The summed E-state index contributed by atoms with van der Waals surface area (Å²) in [7, 11) is 0. The van der Waals surface area contributed by atoms with Crippen LogP contribution < -0.4 is 16.5 Å². The molecule has 0 saturated heterocycles. The predicted octanol–water partition coefficient (Wildman–Crippen LogP) is 3.11. The van der Waals surface area contributed by atoms with E-state index in [9.17, 15) is 0 Å². The molecule has 130 valence electrons. The molecule has 0 fully saturated rings. The lowest BCUT2D eigenvalue weighted by atomic mass is 10.0. The number of rotatable bonds is 5. The third-order valence-electron chi connectivity index (χ3n) is 3.90. The Balaban J connectivity index is 1.74. The Morgan fingerprint density at radius 2 is 1.73 bits per heavy atom. The maximum atomic E-state index is 8.72. The molecule has 0 radical (unpaired) electrons. The first-order valence-electron chi connectivity index (χ1n) is 7.84. The molecule has 3 rings (SSSR count). The molecule has 0 bridgehead atoms. The van der Waals surface area contributed by atoms with Crippen molar-refractivity contribution < 1.29 is 5.21 Å². The van der Waals surface area contributed by atoms with Crippen molar-refractivity contribution in [1.82, 2.24) is 10.5 Å². The van der Waals surface area contributed by atoms with Crippen LogP contribution in [0.1, 0.15) is 11.1 Å². The SMILES string of the molecule is N=C(NO)c1ccc(N/C=C\C(=N)c2cnc(N)c3ccccc23)cc1. The van der Waals surface area contributed by atoms with Crippen LogP contribution in [0.15, 0.2) is 67.0 Å². The van der Waals surface area contributed by atoms with Gasteiger partial charge in [0.15, 0.2) is 0 Å². The van der Waals surface area contributed by atoms with Crippen molar-refractivity contribution in [1.29, 1.82) is 10.8 Å². The van der Waals surface area contributed by atoms with Gasteiger partial charge in [-0.15, -0.1) is 0 Å². The second-order valence-electron chi connectivity index (χ2n) is 5.56. The number of hydrogen-bond donors (Lipinski definition) is 6. The number of benzene rings is 2. The second kappa shape index (κ2) is 7.45. The molecule has 0 aliphatic carbocycles. The quantitative estimate of drug-likeness (QED) is 0.240. The second-order valence-corrected chi connectivity index (χ2v) is 5.56. The van der Waals surface area contributed by atoms with E-state index in [-0.39, 0.29) is 5.84 Å². The number of aromatic nitrogens is 1. The Morgan fingerprint density at radius 3 is 2.42 bits per heavy atom. The molecule has 1 heterocycles. The van der Waals surface area contributed by atoms with Gasteiger partial charge in [-0.2, -0.15) is 0 Å². The van der Waals surface area contributed by atoms with Gasteiger partial charge in [-0.05, 0) is 35.7 Å². The zero-order valence-electron chi connectivity index (χ0n) is 13.8. The Hall–Kier alpha value is -3.71. The van der Waals surface area contributed by atoms with Gasteiger partial charge in [0, 0.05) is 34.6 Å². The van der Waals surface area contributed by atoms with Gasteiger partial charge in [-0.25, -0.2) is 4.98 Å². The van der Waals surface area contributed by atoms with E-state index >= 15 is 0 Å².